The third-order valence-electron chi connectivity index (χ3n) is 27.5. The first-order valence-electron chi connectivity index (χ1n) is 46.2. The number of hydrogen-bond donors (Lipinski definition) is 0. The van der Waals surface area contributed by atoms with Crippen molar-refractivity contribution in [2.24, 2.45) is 0 Å². The van der Waals surface area contributed by atoms with E-state index < -0.39 is 0 Å². The van der Waals surface area contributed by atoms with Crippen molar-refractivity contribution in [2.75, 3.05) is 19.6 Å². The molecule has 0 unspecified atom stereocenters. The Kier molecular flexibility index (Phi) is 22.1. The predicted molar refractivity (Wildman–Crippen MR) is 552 cm³/mol. The minimum atomic E-state index is -0.365. The number of imide groups is 4. The zero-order valence-corrected chi connectivity index (χ0v) is 82.1. The lowest BCUT2D eigenvalue weighted by Crippen LogP contribution is -2.42. The minimum Gasteiger partial charge on any atom is -0.268 e. The van der Waals surface area contributed by atoms with Crippen LogP contribution < -0.4 is 19.6 Å². The Morgan fingerprint density at radius 1 is 0.211 bits per heavy atom. The Labute approximate surface area is 796 Å². The highest BCUT2D eigenvalue weighted by Gasteiger charge is 2.46. The van der Waals surface area contributed by atoms with Crippen LogP contribution in [0.25, 0.3) is 86.2 Å². The molecule has 4 aliphatic heterocycles. The third-order valence-corrected chi connectivity index (χ3v) is 31.3. The van der Waals surface area contributed by atoms with Gasteiger partial charge in [0, 0.05) is 121 Å². The topological polar surface area (TPSA) is 150 Å². The molecule has 0 N–H and O–H groups in total. The van der Waals surface area contributed by atoms with Crippen LogP contribution in [0.5, 0.6) is 0 Å². The number of carbonyl (C=O) groups excluding carboxylic acids is 8. The summed E-state index contributed by atoms with van der Waals surface area (Å²) in [6.45, 7) is 39.7. The van der Waals surface area contributed by atoms with Crippen LogP contribution in [0, 0.1) is 20.8 Å². The number of hydrogen-bond acceptors (Lipinski definition) is 11. The SMILES string of the molecule is Cc1ccc(Sc2cc3c4c(ccc5c6c(Br)cc7c8c(ccc(c2c45)c86)C(=O)N(c2c(C(C)C)cccc2C(C)C)C7=O)C(=O)N(c2c(C(C)C)cccc2C(C)C)C3=O)cc1.Cc1ccc(Sc2cc3c4c(ccc5c6c(Sc7ccc(C)cc7)cc7c8c(ccc(c2c45)c86)C(=O)N(c2c(C(C)C)cccc2C(C)C)C7=O)C(=O)N(c2c(C(C)C)cccc2C(C)C)C3=O)cc1. The van der Waals surface area contributed by atoms with Gasteiger partial charge < -0.3 is 0 Å². The average Bonchev–Trinajstić information content (AvgIpc) is 0.679. The fourth-order valence-electron chi connectivity index (χ4n) is 21.1. The Morgan fingerprint density at radius 3 is 0.609 bits per heavy atom. The van der Waals surface area contributed by atoms with Crippen molar-refractivity contribution >= 4 is 207 Å². The molecule has 4 heterocycles. The van der Waals surface area contributed by atoms with E-state index in [1.807, 2.05) is 146 Å². The molecular formula is C117H101BrN4O8S3. The van der Waals surface area contributed by atoms with Gasteiger partial charge in [0.15, 0.2) is 0 Å². The number of nitrogens with zero attached hydrogens (tertiary/aromatic N) is 4. The molecule has 0 radical (unpaired) electrons. The Morgan fingerprint density at radius 2 is 0.398 bits per heavy atom. The standard InChI is InChI=1S/C62H54N2O4S2.C55H47BrN2O4S/c1-31(2)39-13-11-14-40(32(3)4)57(39)63-59(65)45-27-25-43-54-50(70-38-23-19-36(10)20-24-38)30-48-52-46(60(66)64(62(48)68)58-41(33(5)6)15-12-16-42(58)34(7)8)28-26-44(56(52)54)53-49(69-37-21-17-35(9)18-22-37)29-47(61(63)67)51(45)55(43)53;1-26(2)32-12-10-13-33(27(3)4)50(32)57-52(59)38-23-21-37-47-43(63-31-18-16-30(9)17-19-31)25-41-45-39(22-20-36(49(45)47)46-42(56)24-40(54(57)61)44(38)48(37)46)53(60)58(55(41)62)51-34(28(5)6)14-11-15-35(51)29(7)8/h11-34H,1-10H3;10-29H,1-9H3. The van der Waals surface area contributed by atoms with Crippen molar-refractivity contribution in [2.45, 2.75) is 208 Å². The molecule has 0 fully saturated rings. The second-order valence-electron chi connectivity index (χ2n) is 38.7. The summed E-state index contributed by atoms with van der Waals surface area (Å²) in [5.41, 5.74) is 17.3. The smallest absolute Gasteiger partial charge is 0.266 e. The highest BCUT2D eigenvalue weighted by Crippen LogP contribution is 2.58. The zero-order valence-electron chi connectivity index (χ0n) is 78.1. The quantitative estimate of drug-likeness (QED) is 0.0459. The van der Waals surface area contributed by atoms with Crippen LogP contribution in [0.3, 0.4) is 0 Å². The molecule has 0 saturated heterocycles. The van der Waals surface area contributed by atoms with Crippen molar-refractivity contribution in [3.63, 3.8) is 0 Å². The molecule has 0 bridgehead atoms. The first kappa shape index (κ1) is 88.4. The molecule has 17 aromatic rings. The first-order valence-corrected chi connectivity index (χ1v) is 49.4. The molecule has 0 aromatic heterocycles. The van der Waals surface area contributed by atoms with Crippen LogP contribution in [0.1, 0.15) is 302 Å². The zero-order chi connectivity index (χ0) is 93.7. The van der Waals surface area contributed by atoms with Crippen LogP contribution in [-0.2, 0) is 0 Å². The van der Waals surface area contributed by atoms with Crippen LogP contribution in [0.15, 0.2) is 252 Å². The van der Waals surface area contributed by atoms with Gasteiger partial charge in [-0.3, -0.25) is 38.4 Å². The summed E-state index contributed by atoms with van der Waals surface area (Å²) < 4.78 is 0.689. The van der Waals surface area contributed by atoms with Gasteiger partial charge in [0.1, 0.15) is 0 Å². The monoisotopic (exact) mass is 1860 g/mol. The van der Waals surface area contributed by atoms with E-state index in [0.29, 0.717) is 93.3 Å². The van der Waals surface area contributed by atoms with E-state index in [1.54, 1.807) is 35.3 Å². The molecule has 17 aromatic carbocycles. The van der Waals surface area contributed by atoms with Crippen molar-refractivity contribution in [3.8, 4) is 0 Å². The van der Waals surface area contributed by atoms with Crippen LogP contribution in [0.4, 0.5) is 22.7 Å². The second kappa shape index (κ2) is 33.3. The molecule has 133 heavy (non-hydrogen) atoms. The molecule has 16 heteroatoms. The molecule has 0 atom stereocenters. The summed E-state index contributed by atoms with van der Waals surface area (Å²) in [4.78, 5) is 134. The lowest BCUT2D eigenvalue weighted by atomic mass is 9.81. The van der Waals surface area contributed by atoms with E-state index in [1.165, 1.54) is 19.6 Å². The van der Waals surface area contributed by atoms with Crippen LogP contribution >= 0.6 is 51.2 Å². The molecule has 0 aliphatic carbocycles. The maximum Gasteiger partial charge on any atom is 0.266 e. The van der Waals surface area contributed by atoms with Crippen molar-refractivity contribution < 1.29 is 38.4 Å². The summed E-state index contributed by atoms with van der Waals surface area (Å²) >= 11 is 8.68. The molecule has 8 amide bonds. The fourth-order valence-corrected chi connectivity index (χ4v) is 24.8. The Hall–Kier alpha value is -12.6. The van der Waals surface area contributed by atoms with Gasteiger partial charge in [-0.1, -0.05) is 312 Å². The summed E-state index contributed by atoms with van der Waals surface area (Å²) in [5.74, 6) is -2.38. The van der Waals surface area contributed by atoms with Crippen molar-refractivity contribution in [1.29, 1.82) is 0 Å². The van der Waals surface area contributed by atoms with E-state index >= 15 is 38.4 Å². The number of benzene rings is 17. The Bertz CT molecular complexity index is 7630. The van der Waals surface area contributed by atoms with Gasteiger partial charge in [0.05, 0.1) is 45.0 Å². The molecule has 4 aliphatic rings. The van der Waals surface area contributed by atoms with Gasteiger partial charge in [-0.05, 0) is 219 Å². The van der Waals surface area contributed by atoms with Crippen molar-refractivity contribution in [3.05, 3.63) is 329 Å². The molecule has 21 rings (SSSR count). The number of aryl methyl sites for hydroxylation is 3. The van der Waals surface area contributed by atoms with E-state index in [2.05, 4.69) is 220 Å². The lowest BCUT2D eigenvalue weighted by molar-refractivity contribution is 0.0877. The van der Waals surface area contributed by atoms with Crippen LogP contribution in [-0.4, -0.2) is 47.3 Å². The van der Waals surface area contributed by atoms with Gasteiger partial charge in [-0.2, -0.15) is 0 Å². The van der Waals surface area contributed by atoms with Gasteiger partial charge in [0.25, 0.3) is 47.3 Å². The number of fused-ring (bicyclic) bond motifs is 4. The molecule has 662 valence electrons. The highest BCUT2D eigenvalue weighted by molar-refractivity contribution is 9.10. The summed E-state index contributed by atoms with van der Waals surface area (Å²) in [6.07, 6.45) is 0. The van der Waals surface area contributed by atoms with E-state index in [9.17, 15) is 0 Å². The molecule has 0 saturated carbocycles. The molecule has 12 nitrogen and oxygen atoms in total. The summed E-state index contributed by atoms with van der Waals surface area (Å²) in [7, 11) is 0. The number of rotatable bonds is 18. The number of para-hydroxylation sites is 4. The fraction of sp³-hybridized carbons (Fsp3) is 0.231. The number of anilines is 4. The maximum absolute atomic E-state index is 15.6. The number of carbonyl (C=O) groups is 8. The largest absolute Gasteiger partial charge is 0.268 e. The van der Waals surface area contributed by atoms with Gasteiger partial charge in [0.2, 0.25) is 0 Å². The highest BCUT2D eigenvalue weighted by atomic mass is 79.9. The number of amides is 8. The maximum atomic E-state index is 15.6. The van der Waals surface area contributed by atoms with Gasteiger partial charge in [-0.15, -0.1) is 0 Å². The van der Waals surface area contributed by atoms with Crippen molar-refractivity contribution in [1.82, 2.24) is 0 Å². The number of halogens is 1. The van der Waals surface area contributed by atoms with Crippen LogP contribution in [0.2, 0.25) is 0 Å². The molecule has 0 spiro atoms. The summed E-state index contributed by atoms with van der Waals surface area (Å²) in [5, 5.41) is 12.5. The molecular weight excluding hydrogens is 1770 g/mol. The van der Waals surface area contributed by atoms with Gasteiger partial charge >= 0.3 is 0 Å². The van der Waals surface area contributed by atoms with Gasteiger partial charge in [-0.25, -0.2) is 19.6 Å². The minimum absolute atomic E-state index is 0.0508. The first-order chi connectivity index (χ1) is 63.6. The Balaban J connectivity index is 0.000000166. The second-order valence-corrected chi connectivity index (χ2v) is 42.9. The van der Waals surface area contributed by atoms with E-state index in [-0.39, 0.29) is 94.6 Å². The predicted octanol–water partition coefficient (Wildman–Crippen LogP) is 31.8. The van der Waals surface area contributed by atoms with E-state index in [4.69, 9.17) is 0 Å². The summed E-state index contributed by atoms with van der Waals surface area (Å²) in [6, 6.07) is 72.7. The normalized spacial score (nSPS) is 14.1. The lowest BCUT2D eigenvalue weighted by Gasteiger charge is -2.34. The third kappa shape index (κ3) is 13.8. The van der Waals surface area contributed by atoms with E-state index in [0.717, 1.165) is 155 Å². The average molecular weight is 1870 g/mol.